The smallest absolute Gasteiger partial charge is 0.331 e. The number of halogens is 2. The van der Waals surface area contributed by atoms with Crippen LogP contribution in [-0.4, -0.2) is 17.0 Å². The van der Waals surface area contributed by atoms with Crippen molar-refractivity contribution in [2.75, 3.05) is 5.32 Å². The Hall–Kier alpha value is -1.33. The Labute approximate surface area is 118 Å². The van der Waals surface area contributed by atoms with Crippen LogP contribution in [0.15, 0.2) is 33.8 Å². The number of anilines is 1. The third-order valence-corrected chi connectivity index (χ3v) is 3.82. The molecule has 0 radical (unpaired) electrons. The van der Waals surface area contributed by atoms with Gasteiger partial charge in [-0.1, -0.05) is 17.7 Å². The maximum atomic E-state index is 11.8. The lowest BCUT2D eigenvalue weighted by molar-refractivity contribution is -0.133. The quantitative estimate of drug-likeness (QED) is 0.833. The van der Waals surface area contributed by atoms with Crippen LogP contribution in [0.4, 0.5) is 5.69 Å². The van der Waals surface area contributed by atoms with Gasteiger partial charge in [0.2, 0.25) is 0 Å². The lowest BCUT2D eigenvalue weighted by atomic mass is 10.1. The van der Waals surface area contributed by atoms with Gasteiger partial charge in [0.05, 0.1) is 15.2 Å². The van der Waals surface area contributed by atoms with Crippen LogP contribution < -0.4 is 5.32 Å². The zero-order chi connectivity index (χ0) is 13.9. The zero-order valence-corrected chi connectivity index (χ0v) is 12.1. The van der Waals surface area contributed by atoms with Gasteiger partial charge in [-0.05, 0) is 41.9 Å². The van der Waals surface area contributed by atoms with Crippen LogP contribution in [0.5, 0.6) is 0 Å². The summed E-state index contributed by atoms with van der Waals surface area (Å²) < 4.78 is 0.556. The Balaban J connectivity index is 2.99. The van der Waals surface area contributed by atoms with Crippen molar-refractivity contribution in [3.8, 4) is 0 Å². The molecule has 0 unspecified atom stereocenters. The van der Waals surface area contributed by atoms with Crippen LogP contribution in [-0.2, 0) is 9.59 Å². The first-order valence-corrected chi connectivity index (χ1v) is 6.17. The highest BCUT2D eigenvalue weighted by atomic mass is 79.9. The second-order valence-corrected chi connectivity index (χ2v) is 4.81. The van der Waals surface area contributed by atoms with Crippen molar-refractivity contribution in [3.05, 3.63) is 38.8 Å². The Morgan fingerprint density at radius 3 is 2.44 bits per heavy atom. The van der Waals surface area contributed by atoms with Crippen LogP contribution in [0.2, 0.25) is 5.02 Å². The van der Waals surface area contributed by atoms with Crippen LogP contribution in [0, 0.1) is 0 Å². The van der Waals surface area contributed by atoms with Gasteiger partial charge in [0, 0.05) is 11.1 Å². The summed E-state index contributed by atoms with van der Waals surface area (Å²) in [4.78, 5) is 22.6. The average molecular weight is 333 g/mol. The molecule has 1 aromatic rings. The van der Waals surface area contributed by atoms with Crippen molar-refractivity contribution in [1.29, 1.82) is 0 Å². The summed E-state index contributed by atoms with van der Waals surface area (Å²) in [6.45, 7) is 2.83. The van der Waals surface area contributed by atoms with Gasteiger partial charge in [0.25, 0.3) is 5.91 Å². The van der Waals surface area contributed by atoms with Crippen molar-refractivity contribution in [1.82, 2.24) is 0 Å². The molecule has 1 aromatic carbocycles. The first-order valence-electron chi connectivity index (χ1n) is 5.00. The van der Waals surface area contributed by atoms with Gasteiger partial charge < -0.3 is 10.4 Å². The fraction of sp³-hybridized carbons (Fsp3) is 0.167. The molecule has 18 heavy (non-hydrogen) atoms. The summed E-state index contributed by atoms with van der Waals surface area (Å²) in [6.07, 6.45) is 0. The number of carboxylic acids is 1. The first kappa shape index (κ1) is 14.7. The van der Waals surface area contributed by atoms with Crippen molar-refractivity contribution in [2.24, 2.45) is 0 Å². The van der Waals surface area contributed by atoms with E-state index in [0.717, 1.165) is 0 Å². The third kappa shape index (κ3) is 3.34. The van der Waals surface area contributed by atoms with Crippen molar-refractivity contribution in [2.45, 2.75) is 13.8 Å². The minimum atomic E-state index is -1.12. The van der Waals surface area contributed by atoms with E-state index in [1.54, 1.807) is 18.2 Å². The summed E-state index contributed by atoms with van der Waals surface area (Å²) >= 11 is 9.13. The molecule has 0 aliphatic heterocycles. The number of carboxylic acid groups (broad SMARTS) is 1. The fourth-order valence-corrected chi connectivity index (χ4v) is 1.69. The average Bonchev–Trinajstić information content (AvgIpc) is 2.32. The molecule has 0 atom stereocenters. The maximum absolute atomic E-state index is 11.8. The van der Waals surface area contributed by atoms with Gasteiger partial charge >= 0.3 is 5.97 Å². The van der Waals surface area contributed by atoms with E-state index in [0.29, 0.717) is 15.2 Å². The summed E-state index contributed by atoms with van der Waals surface area (Å²) in [5.41, 5.74) is 0.644. The summed E-state index contributed by atoms with van der Waals surface area (Å²) in [6, 6.07) is 5.02. The van der Waals surface area contributed by atoms with Gasteiger partial charge in [0.15, 0.2) is 0 Å². The molecule has 2 N–H and O–H groups in total. The van der Waals surface area contributed by atoms with E-state index in [4.69, 9.17) is 16.7 Å². The number of amides is 1. The molecule has 0 spiro atoms. The second-order valence-electron chi connectivity index (χ2n) is 3.61. The highest BCUT2D eigenvalue weighted by molar-refractivity contribution is 9.10. The van der Waals surface area contributed by atoms with Crippen LogP contribution >= 0.6 is 27.5 Å². The third-order valence-electron chi connectivity index (χ3n) is 2.42. The van der Waals surface area contributed by atoms with Crippen LogP contribution in [0.25, 0.3) is 0 Å². The lowest BCUT2D eigenvalue weighted by Crippen LogP contribution is -2.16. The van der Waals surface area contributed by atoms with Gasteiger partial charge in [0.1, 0.15) is 0 Å². The van der Waals surface area contributed by atoms with Gasteiger partial charge in [-0.3, -0.25) is 4.79 Å². The number of aliphatic carboxylic acids is 1. The van der Waals surface area contributed by atoms with Crippen molar-refractivity contribution >= 4 is 45.1 Å². The summed E-state index contributed by atoms with van der Waals surface area (Å²) in [7, 11) is 0. The molecule has 0 aliphatic carbocycles. The molecular weight excluding hydrogens is 321 g/mol. The van der Waals surface area contributed by atoms with E-state index in [9.17, 15) is 9.59 Å². The van der Waals surface area contributed by atoms with Crippen LogP contribution in [0.3, 0.4) is 0 Å². The van der Waals surface area contributed by atoms with Gasteiger partial charge in [-0.25, -0.2) is 4.79 Å². The Morgan fingerprint density at radius 1 is 1.28 bits per heavy atom. The molecule has 0 aromatic heterocycles. The fourth-order valence-electron chi connectivity index (χ4n) is 1.15. The van der Waals surface area contributed by atoms with E-state index in [1.807, 2.05) is 0 Å². The van der Waals surface area contributed by atoms with E-state index >= 15 is 0 Å². The monoisotopic (exact) mass is 331 g/mol. The molecule has 4 nitrogen and oxygen atoms in total. The van der Waals surface area contributed by atoms with Gasteiger partial charge in [-0.15, -0.1) is 0 Å². The van der Waals surface area contributed by atoms with Gasteiger partial charge in [-0.2, -0.15) is 0 Å². The highest BCUT2D eigenvalue weighted by Gasteiger charge is 2.14. The molecule has 1 rings (SSSR count). The number of hydrogen-bond donors (Lipinski definition) is 2. The molecule has 0 fully saturated rings. The molecule has 6 heteroatoms. The maximum Gasteiger partial charge on any atom is 0.331 e. The number of rotatable bonds is 3. The molecular formula is C12H11BrClNO3. The Morgan fingerprint density at radius 2 is 1.89 bits per heavy atom. The van der Waals surface area contributed by atoms with E-state index in [1.165, 1.54) is 13.8 Å². The lowest BCUT2D eigenvalue weighted by Gasteiger charge is -2.09. The number of benzene rings is 1. The molecule has 0 bridgehead atoms. The largest absolute Gasteiger partial charge is 0.478 e. The number of hydrogen-bond acceptors (Lipinski definition) is 2. The number of nitrogens with one attached hydrogen (secondary N) is 1. The molecule has 0 saturated carbocycles. The standard InChI is InChI=1S/C12H11BrClNO3/c1-6(7(2)12(17)18)11(16)15-9-5-3-4-8(14)10(9)13/h3-5H,1-2H3,(H,15,16)(H,17,18)/b7-6+. The summed E-state index contributed by atoms with van der Waals surface area (Å²) in [5, 5.41) is 11.9. The molecule has 0 aliphatic rings. The van der Waals surface area contributed by atoms with Crippen LogP contribution in [0.1, 0.15) is 13.8 Å². The molecule has 96 valence electrons. The highest BCUT2D eigenvalue weighted by Crippen LogP contribution is 2.30. The van der Waals surface area contributed by atoms with E-state index in [2.05, 4.69) is 21.2 Å². The zero-order valence-electron chi connectivity index (χ0n) is 9.75. The van der Waals surface area contributed by atoms with E-state index < -0.39 is 11.9 Å². The van der Waals surface area contributed by atoms with Crippen molar-refractivity contribution < 1.29 is 14.7 Å². The second kappa shape index (κ2) is 6.02. The molecule has 0 saturated heterocycles. The predicted molar refractivity (Wildman–Crippen MR) is 73.8 cm³/mol. The minimum Gasteiger partial charge on any atom is -0.478 e. The normalized spacial score (nSPS) is 11.8. The SMILES string of the molecule is C/C(C(=O)O)=C(/C)C(=O)Nc1cccc(Cl)c1Br. The summed E-state index contributed by atoms with van der Waals surface area (Å²) in [5.74, 6) is -1.59. The topological polar surface area (TPSA) is 66.4 Å². The number of carbonyl (C=O) groups excluding carboxylic acids is 1. The Bertz CT molecular complexity index is 540. The number of carbonyl (C=O) groups is 2. The molecule has 1 amide bonds. The van der Waals surface area contributed by atoms with E-state index in [-0.39, 0.29) is 11.1 Å². The van der Waals surface area contributed by atoms with Crippen molar-refractivity contribution in [3.63, 3.8) is 0 Å². The minimum absolute atomic E-state index is 0.00523. The Kier molecular flexibility index (Phi) is 4.93. The predicted octanol–water partition coefficient (Wildman–Crippen LogP) is 3.46. The first-order chi connectivity index (χ1) is 8.34. The molecule has 0 heterocycles.